The second-order valence-corrected chi connectivity index (χ2v) is 4.17. The number of imidazole rings is 1. The maximum absolute atomic E-state index is 4.98. The lowest BCUT2D eigenvalue weighted by Gasteiger charge is -2.06. The first-order valence-corrected chi connectivity index (χ1v) is 6.15. The first-order valence-electron chi connectivity index (χ1n) is 6.15. The molecule has 0 saturated carbocycles. The van der Waals surface area contributed by atoms with Gasteiger partial charge >= 0.3 is 0 Å². The molecule has 1 aromatic heterocycles. The van der Waals surface area contributed by atoms with E-state index in [1.54, 1.807) is 7.11 Å². The Morgan fingerprint density at radius 3 is 3.12 bits per heavy atom. The standard InChI is InChI=1S/C13H23N3O/c1-4-6-16-11-15-10-13(16)8-12(2)9-14-5-7-17-3/h8,10-11,14H,4-7,9H2,1-3H3. The van der Waals surface area contributed by atoms with E-state index in [9.17, 15) is 0 Å². The lowest BCUT2D eigenvalue weighted by Crippen LogP contribution is -2.20. The lowest BCUT2D eigenvalue weighted by molar-refractivity contribution is 0.200. The van der Waals surface area contributed by atoms with E-state index >= 15 is 0 Å². The molecule has 4 nitrogen and oxygen atoms in total. The number of aryl methyl sites for hydroxylation is 1. The predicted molar refractivity (Wildman–Crippen MR) is 70.9 cm³/mol. The van der Waals surface area contributed by atoms with Crippen LogP contribution in [0, 0.1) is 0 Å². The molecule has 0 unspecified atom stereocenters. The van der Waals surface area contributed by atoms with Gasteiger partial charge in [0.15, 0.2) is 0 Å². The van der Waals surface area contributed by atoms with Gasteiger partial charge in [-0.2, -0.15) is 0 Å². The molecular weight excluding hydrogens is 214 g/mol. The number of rotatable bonds is 8. The van der Waals surface area contributed by atoms with Crippen LogP contribution in [0.4, 0.5) is 0 Å². The lowest BCUT2D eigenvalue weighted by atomic mass is 10.2. The third-order valence-corrected chi connectivity index (χ3v) is 2.49. The van der Waals surface area contributed by atoms with Crippen molar-refractivity contribution in [2.75, 3.05) is 26.8 Å². The van der Waals surface area contributed by atoms with Crippen molar-refractivity contribution in [1.82, 2.24) is 14.9 Å². The van der Waals surface area contributed by atoms with E-state index in [1.807, 2.05) is 12.5 Å². The Morgan fingerprint density at radius 1 is 1.59 bits per heavy atom. The number of aromatic nitrogens is 2. The molecule has 96 valence electrons. The molecule has 1 rings (SSSR count). The summed E-state index contributed by atoms with van der Waals surface area (Å²) in [7, 11) is 1.72. The van der Waals surface area contributed by atoms with Gasteiger partial charge in [-0.25, -0.2) is 4.98 Å². The molecule has 1 heterocycles. The minimum atomic E-state index is 0.751. The monoisotopic (exact) mass is 237 g/mol. The molecule has 0 atom stereocenters. The van der Waals surface area contributed by atoms with Gasteiger partial charge in [0.25, 0.3) is 0 Å². The fraction of sp³-hybridized carbons (Fsp3) is 0.615. The third-order valence-electron chi connectivity index (χ3n) is 2.49. The SMILES string of the molecule is CCCn1cncc1C=C(C)CNCCOC. The van der Waals surface area contributed by atoms with Crippen molar-refractivity contribution in [1.29, 1.82) is 0 Å². The van der Waals surface area contributed by atoms with Crippen LogP contribution in [0.15, 0.2) is 18.1 Å². The van der Waals surface area contributed by atoms with Crippen molar-refractivity contribution < 1.29 is 4.74 Å². The van der Waals surface area contributed by atoms with Crippen molar-refractivity contribution in [3.8, 4) is 0 Å². The zero-order chi connectivity index (χ0) is 12.5. The zero-order valence-corrected chi connectivity index (χ0v) is 11.1. The number of methoxy groups -OCH3 is 1. The van der Waals surface area contributed by atoms with Crippen molar-refractivity contribution in [2.24, 2.45) is 0 Å². The molecule has 0 aliphatic heterocycles. The van der Waals surface area contributed by atoms with Gasteiger partial charge in [0.1, 0.15) is 0 Å². The largest absolute Gasteiger partial charge is 0.383 e. The summed E-state index contributed by atoms with van der Waals surface area (Å²) in [5, 5.41) is 3.33. The van der Waals surface area contributed by atoms with Crippen LogP contribution in [0.25, 0.3) is 6.08 Å². The Morgan fingerprint density at radius 2 is 2.41 bits per heavy atom. The topological polar surface area (TPSA) is 39.1 Å². The highest BCUT2D eigenvalue weighted by Gasteiger charge is 1.98. The van der Waals surface area contributed by atoms with E-state index in [0.29, 0.717) is 0 Å². The molecule has 0 radical (unpaired) electrons. The van der Waals surface area contributed by atoms with Gasteiger partial charge in [-0.05, 0) is 19.4 Å². The quantitative estimate of drug-likeness (QED) is 0.702. The summed E-state index contributed by atoms with van der Waals surface area (Å²) in [5.74, 6) is 0. The number of hydrogen-bond donors (Lipinski definition) is 1. The molecule has 17 heavy (non-hydrogen) atoms. The first-order chi connectivity index (χ1) is 8.27. The minimum absolute atomic E-state index is 0.751. The zero-order valence-electron chi connectivity index (χ0n) is 11.1. The number of ether oxygens (including phenoxy) is 1. The molecule has 0 fully saturated rings. The molecule has 1 aromatic rings. The van der Waals surface area contributed by atoms with E-state index in [1.165, 1.54) is 11.3 Å². The Balaban J connectivity index is 2.46. The van der Waals surface area contributed by atoms with Crippen LogP contribution >= 0.6 is 0 Å². The second-order valence-electron chi connectivity index (χ2n) is 4.17. The van der Waals surface area contributed by atoms with Crippen LogP contribution in [-0.4, -0.2) is 36.4 Å². The molecule has 0 aromatic carbocycles. The Hall–Kier alpha value is -1.13. The number of hydrogen-bond acceptors (Lipinski definition) is 3. The van der Waals surface area contributed by atoms with Gasteiger partial charge in [0.2, 0.25) is 0 Å². The minimum Gasteiger partial charge on any atom is -0.383 e. The van der Waals surface area contributed by atoms with Crippen LogP contribution in [-0.2, 0) is 11.3 Å². The summed E-state index contributed by atoms with van der Waals surface area (Å²) >= 11 is 0. The van der Waals surface area contributed by atoms with E-state index < -0.39 is 0 Å². The second kappa shape index (κ2) is 8.03. The average Bonchev–Trinajstić information content (AvgIpc) is 2.73. The fourth-order valence-electron chi connectivity index (χ4n) is 1.64. The maximum atomic E-state index is 4.98. The molecule has 0 aliphatic carbocycles. The van der Waals surface area contributed by atoms with Crippen LogP contribution in [0.1, 0.15) is 26.0 Å². The van der Waals surface area contributed by atoms with E-state index in [0.717, 1.165) is 32.7 Å². The summed E-state index contributed by atoms with van der Waals surface area (Å²) in [5.41, 5.74) is 2.48. The number of nitrogens with zero attached hydrogens (tertiary/aromatic N) is 2. The molecular formula is C13H23N3O. The van der Waals surface area contributed by atoms with Crippen molar-refractivity contribution in [3.05, 3.63) is 23.8 Å². The van der Waals surface area contributed by atoms with Crippen LogP contribution in [0.3, 0.4) is 0 Å². The van der Waals surface area contributed by atoms with E-state index in [4.69, 9.17) is 4.74 Å². The Kier molecular flexibility index (Phi) is 6.58. The molecule has 1 N–H and O–H groups in total. The van der Waals surface area contributed by atoms with Crippen LogP contribution in [0.5, 0.6) is 0 Å². The molecule has 0 aliphatic rings. The number of nitrogens with one attached hydrogen (secondary N) is 1. The predicted octanol–water partition coefficient (Wildman–Crippen LogP) is 1.93. The van der Waals surface area contributed by atoms with Crippen LogP contribution in [0.2, 0.25) is 0 Å². The Labute approximate surface area is 104 Å². The summed E-state index contributed by atoms with van der Waals surface area (Å²) in [4.78, 5) is 4.18. The van der Waals surface area contributed by atoms with Crippen molar-refractivity contribution in [2.45, 2.75) is 26.8 Å². The average molecular weight is 237 g/mol. The van der Waals surface area contributed by atoms with Crippen molar-refractivity contribution in [3.63, 3.8) is 0 Å². The molecule has 0 bridgehead atoms. The van der Waals surface area contributed by atoms with E-state index in [2.05, 4.69) is 34.8 Å². The summed E-state index contributed by atoms with van der Waals surface area (Å²) in [6.45, 7) is 7.85. The smallest absolute Gasteiger partial charge is 0.0950 e. The third kappa shape index (κ3) is 5.15. The van der Waals surface area contributed by atoms with Gasteiger partial charge in [-0.3, -0.25) is 0 Å². The van der Waals surface area contributed by atoms with Gasteiger partial charge in [0, 0.05) is 26.7 Å². The van der Waals surface area contributed by atoms with Gasteiger partial charge in [0.05, 0.1) is 24.8 Å². The molecule has 4 heteroatoms. The van der Waals surface area contributed by atoms with Crippen molar-refractivity contribution >= 4 is 6.08 Å². The maximum Gasteiger partial charge on any atom is 0.0950 e. The summed E-state index contributed by atoms with van der Waals surface area (Å²) < 4.78 is 7.16. The highest BCUT2D eigenvalue weighted by molar-refractivity contribution is 5.48. The molecule has 0 spiro atoms. The summed E-state index contributed by atoms with van der Waals surface area (Å²) in [6.07, 6.45) is 7.11. The molecule has 0 saturated heterocycles. The Bertz CT molecular complexity index is 344. The fourth-order valence-corrected chi connectivity index (χ4v) is 1.64. The molecule has 0 amide bonds. The van der Waals surface area contributed by atoms with Crippen LogP contribution < -0.4 is 5.32 Å². The van der Waals surface area contributed by atoms with Gasteiger partial charge in [-0.1, -0.05) is 12.5 Å². The normalized spacial score (nSPS) is 12.1. The summed E-state index contributed by atoms with van der Waals surface area (Å²) in [6, 6.07) is 0. The highest BCUT2D eigenvalue weighted by Crippen LogP contribution is 2.06. The van der Waals surface area contributed by atoms with Gasteiger partial charge in [-0.15, -0.1) is 0 Å². The highest BCUT2D eigenvalue weighted by atomic mass is 16.5. The van der Waals surface area contributed by atoms with E-state index in [-0.39, 0.29) is 0 Å². The van der Waals surface area contributed by atoms with Gasteiger partial charge < -0.3 is 14.6 Å². The first kappa shape index (κ1) is 13.9.